The lowest BCUT2D eigenvalue weighted by atomic mass is 10.1. The average Bonchev–Trinajstić information content (AvgIpc) is 3.19. The lowest BCUT2D eigenvalue weighted by Gasteiger charge is -2.18. The van der Waals surface area contributed by atoms with Crippen molar-refractivity contribution in [2.45, 2.75) is 32.9 Å². The fourth-order valence-corrected chi connectivity index (χ4v) is 6.36. The largest absolute Gasteiger partial charge is 0.344 e. The van der Waals surface area contributed by atoms with Gasteiger partial charge in [0.15, 0.2) is 15.0 Å². The molecule has 154 valence electrons. The van der Waals surface area contributed by atoms with Crippen LogP contribution in [0.25, 0.3) is 0 Å². The summed E-state index contributed by atoms with van der Waals surface area (Å²) in [5.41, 5.74) is 8.03. The summed E-state index contributed by atoms with van der Waals surface area (Å²) in [6, 6.07) is 8.39. The molecular weight excluding hydrogens is 411 g/mol. The molecule has 2 aliphatic rings. The van der Waals surface area contributed by atoms with Crippen molar-refractivity contribution in [2.75, 3.05) is 17.3 Å². The first-order valence-corrected chi connectivity index (χ1v) is 12.3. The summed E-state index contributed by atoms with van der Waals surface area (Å²) in [5, 5.41) is 5.23. The fraction of sp³-hybridized carbons (Fsp3) is 0.400. The maximum atomic E-state index is 13.0. The van der Waals surface area contributed by atoms with Gasteiger partial charge in [0.1, 0.15) is 5.82 Å². The Bertz CT molecular complexity index is 1090. The summed E-state index contributed by atoms with van der Waals surface area (Å²) < 4.78 is 38.9. The zero-order chi connectivity index (χ0) is 20.6. The van der Waals surface area contributed by atoms with Crippen molar-refractivity contribution >= 4 is 32.5 Å². The van der Waals surface area contributed by atoms with Crippen LogP contribution in [0.15, 0.2) is 40.4 Å². The van der Waals surface area contributed by atoms with Gasteiger partial charge >= 0.3 is 0 Å². The first kappa shape index (κ1) is 20.2. The summed E-state index contributed by atoms with van der Waals surface area (Å²) >= 11 is 1.57. The Morgan fingerprint density at radius 1 is 1.31 bits per heavy atom. The highest BCUT2D eigenvalue weighted by atomic mass is 32.2. The summed E-state index contributed by atoms with van der Waals surface area (Å²) in [7, 11) is -2.94. The Balaban J connectivity index is 1.48. The molecule has 29 heavy (non-hydrogen) atoms. The third kappa shape index (κ3) is 4.40. The molecule has 0 bridgehead atoms. The van der Waals surface area contributed by atoms with Gasteiger partial charge in [-0.15, -0.1) is 0 Å². The third-order valence-electron chi connectivity index (χ3n) is 5.32. The molecule has 1 saturated heterocycles. The number of hydrogen-bond donors (Lipinski definition) is 1. The predicted octanol–water partition coefficient (Wildman–Crippen LogP) is 3.20. The number of amidine groups is 1. The number of nitrogens with one attached hydrogen (secondary N) is 1. The zero-order valence-corrected chi connectivity index (χ0v) is 18.0. The first-order valence-electron chi connectivity index (χ1n) is 9.46. The van der Waals surface area contributed by atoms with Gasteiger partial charge in [-0.2, -0.15) is 5.10 Å². The first-order chi connectivity index (χ1) is 13.8. The molecule has 1 aromatic carbocycles. The van der Waals surface area contributed by atoms with E-state index in [0.29, 0.717) is 18.7 Å². The van der Waals surface area contributed by atoms with Gasteiger partial charge in [-0.25, -0.2) is 12.8 Å². The molecule has 0 saturated carbocycles. The normalized spacial score (nSPS) is 22.5. The molecule has 0 amide bonds. The van der Waals surface area contributed by atoms with Crippen molar-refractivity contribution in [2.24, 2.45) is 10.1 Å². The fourth-order valence-electron chi connectivity index (χ4n) is 3.90. The van der Waals surface area contributed by atoms with E-state index in [2.05, 4.69) is 26.2 Å². The van der Waals surface area contributed by atoms with Gasteiger partial charge in [0.25, 0.3) is 0 Å². The maximum Gasteiger partial charge on any atom is 0.177 e. The van der Waals surface area contributed by atoms with Crippen LogP contribution < -0.4 is 5.43 Å². The highest BCUT2D eigenvalue weighted by molar-refractivity contribution is 8.14. The monoisotopic (exact) mass is 434 g/mol. The van der Waals surface area contributed by atoms with Crippen LogP contribution in [0.4, 0.5) is 4.39 Å². The van der Waals surface area contributed by atoms with Crippen molar-refractivity contribution in [3.8, 4) is 0 Å². The molecule has 2 aromatic rings. The average molecular weight is 435 g/mol. The topological polar surface area (TPSA) is 75.8 Å². The second kappa shape index (κ2) is 7.95. The molecule has 6 nitrogen and oxygen atoms in total. The third-order valence-corrected chi connectivity index (χ3v) is 7.98. The van der Waals surface area contributed by atoms with Gasteiger partial charge in [0, 0.05) is 28.7 Å². The molecule has 4 rings (SSSR count). The van der Waals surface area contributed by atoms with Gasteiger partial charge in [0.05, 0.1) is 23.8 Å². The van der Waals surface area contributed by atoms with Crippen LogP contribution in [0.3, 0.4) is 0 Å². The minimum atomic E-state index is -2.94. The SMILES string of the molecule is Cc1cc(C2=NNC(=NCc3ccc(F)cc3)SC2)c(C)n1C1CCS(=O)(=O)C1. The number of hydrazone groups is 1. The molecule has 0 spiro atoms. The molecule has 1 fully saturated rings. The number of aryl methyl sites for hydroxylation is 1. The van der Waals surface area contributed by atoms with E-state index in [1.165, 1.54) is 12.1 Å². The number of sulfone groups is 1. The number of aromatic nitrogens is 1. The number of thioether (sulfide) groups is 1. The van der Waals surface area contributed by atoms with Crippen molar-refractivity contribution in [1.29, 1.82) is 0 Å². The summed E-state index contributed by atoms with van der Waals surface area (Å²) in [4.78, 5) is 4.50. The molecule has 1 N–H and O–H groups in total. The predicted molar refractivity (Wildman–Crippen MR) is 116 cm³/mol. The van der Waals surface area contributed by atoms with Crippen LogP contribution in [-0.2, 0) is 16.4 Å². The molecule has 0 aliphatic carbocycles. The van der Waals surface area contributed by atoms with Crippen LogP contribution >= 0.6 is 11.8 Å². The van der Waals surface area contributed by atoms with E-state index in [9.17, 15) is 12.8 Å². The Kier molecular flexibility index (Phi) is 5.52. The second-order valence-corrected chi connectivity index (χ2v) is 10.6. The van der Waals surface area contributed by atoms with E-state index in [4.69, 9.17) is 0 Å². The molecule has 1 unspecified atom stereocenters. The number of rotatable bonds is 4. The van der Waals surface area contributed by atoms with E-state index in [-0.39, 0.29) is 23.4 Å². The van der Waals surface area contributed by atoms with Gasteiger partial charge in [-0.1, -0.05) is 23.9 Å². The van der Waals surface area contributed by atoms with E-state index in [0.717, 1.165) is 33.4 Å². The minimum Gasteiger partial charge on any atom is -0.344 e. The quantitative estimate of drug-likeness (QED) is 0.802. The van der Waals surface area contributed by atoms with Gasteiger partial charge in [-0.3, -0.25) is 10.4 Å². The van der Waals surface area contributed by atoms with E-state index >= 15 is 0 Å². The van der Waals surface area contributed by atoms with Crippen molar-refractivity contribution in [1.82, 2.24) is 9.99 Å². The van der Waals surface area contributed by atoms with E-state index < -0.39 is 9.84 Å². The summed E-state index contributed by atoms with van der Waals surface area (Å²) in [6.45, 7) is 4.50. The summed E-state index contributed by atoms with van der Waals surface area (Å²) in [6.07, 6.45) is 0.664. The molecule has 3 heterocycles. The Labute approximate surface area is 174 Å². The summed E-state index contributed by atoms with van der Waals surface area (Å²) in [5.74, 6) is 0.898. The van der Waals surface area contributed by atoms with Crippen LogP contribution in [-0.4, -0.2) is 41.1 Å². The van der Waals surface area contributed by atoms with Crippen molar-refractivity contribution in [3.63, 3.8) is 0 Å². The minimum absolute atomic E-state index is 0.00591. The lowest BCUT2D eigenvalue weighted by molar-refractivity contribution is 0.535. The van der Waals surface area contributed by atoms with Crippen LogP contribution in [0, 0.1) is 19.7 Å². The van der Waals surface area contributed by atoms with Gasteiger partial charge in [-0.05, 0) is 44.0 Å². The maximum absolute atomic E-state index is 13.0. The van der Waals surface area contributed by atoms with E-state index in [1.54, 1.807) is 23.9 Å². The van der Waals surface area contributed by atoms with Crippen LogP contribution in [0.5, 0.6) is 0 Å². The Morgan fingerprint density at radius 3 is 2.69 bits per heavy atom. The number of benzene rings is 1. The van der Waals surface area contributed by atoms with E-state index in [1.807, 2.05) is 13.8 Å². The lowest BCUT2D eigenvalue weighted by Crippen LogP contribution is -2.26. The van der Waals surface area contributed by atoms with Gasteiger partial charge < -0.3 is 4.57 Å². The molecule has 9 heteroatoms. The standard InChI is InChI=1S/C20H23FN4O2S2/c1-13-9-18(14(2)25(13)17-7-8-29(26,27)12-17)19-11-28-20(24-23-19)22-10-15-3-5-16(21)6-4-15/h3-6,9,17H,7-8,10-12H2,1-2H3,(H,22,24). The molecule has 1 atom stereocenters. The van der Waals surface area contributed by atoms with Crippen LogP contribution in [0.1, 0.15) is 35.0 Å². The van der Waals surface area contributed by atoms with Crippen LogP contribution in [0.2, 0.25) is 0 Å². The number of aliphatic imine (C=N–C) groups is 1. The Morgan fingerprint density at radius 2 is 2.07 bits per heavy atom. The van der Waals surface area contributed by atoms with Crippen molar-refractivity contribution < 1.29 is 12.8 Å². The molecular formula is C20H23FN4O2S2. The molecule has 0 radical (unpaired) electrons. The second-order valence-electron chi connectivity index (χ2n) is 7.42. The molecule has 2 aliphatic heterocycles. The number of hydrogen-bond acceptors (Lipinski definition) is 5. The zero-order valence-electron chi connectivity index (χ0n) is 16.4. The smallest absolute Gasteiger partial charge is 0.177 e. The highest BCUT2D eigenvalue weighted by Crippen LogP contribution is 2.30. The van der Waals surface area contributed by atoms with Gasteiger partial charge in [0.2, 0.25) is 0 Å². The van der Waals surface area contributed by atoms with Crippen molar-refractivity contribution in [3.05, 3.63) is 58.7 Å². The number of halogens is 1. The number of nitrogens with zero attached hydrogens (tertiary/aromatic N) is 3. The molecule has 1 aromatic heterocycles. The Hall–Kier alpha value is -2.13. The highest BCUT2D eigenvalue weighted by Gasteiger charge is 2.31.